The summed E-state index contributed by atoms with van der Waals surface area (Å²) in [6.07, 6.45) is 1.93. The number of hydrogen-bond acceptors (Lipinski definition) is 5. The fourth-order valence-corrected chi connectivity index (χ4v) is 4.90. The van der Waals surface area contributed by atoms with Gasteiger partial charge in [-0.05, 0) is 60.8 Å². The normalized spacial score (nSPS) is 19.2. The molecule has 1 saturated heterocycles. The van der Waals surface area contributed by atoms with E-state index in [-0.39, 0.29) is 18.1 Å². The maximum atomic E-state index is 12.5. The first-order valence-corrected chi connectivity index (χ1v) is 12.3. The first kappa shape index (κ1) is 23.4. The summed E-state index contributed by atoms with van der Waals surface area (Å²) in [6.45, 7) is 3.83. The number of ether oxygens (including phenoxy) is 3. The van der Waals surface area contributed by atoms with Gasteiger partial charge in [-0.3, -0.25) is 9.69 Å². The molecule has 1 fully saturated rings. The molecule has 182 valence electrons. The van der Waals surface area contributed by atoms with Crippen LogP contribution < -0.4 is 14.8 Å². The highest BCUT2D eigenvalue weighted by Gasteiger charge is 2.38. The highest BCUT2D eigenvalue weighted by atomic mass is 16.5. The average molecular weight is 473 g/mol. The van der Waals surface area contributed by atoms with Gasteiger partial charge in [0.15, 0.2) is 0 Å². The zero-order valence-corrected chi connectivity index (χ0v) is 20.1. The SMILES string of the molecule is COc1ccc2c(c1)[C@H]1OCCN(CCCCNC(=O)c3ccc(-c4ccccc4)cc3)[C@@H]1CO2. The number of nitrogens with one attached hydrogen (secondary N) is 1. The summed E-state index contributed by atoms with van der Waals surface area (Å²) in [5.41, 5.74) is 4.01. The molecule has 0 aliphatic carbocycles. The predicted octanol–water partition coefficient (Wildman–Crippen LogP) is 4.71. The third kappa shape index (κ3) is 5.34. The highest BCUT2D eigenvalue weighted by molar-refractivity contribution is 5.94. The molecule has 35 heavy (non-hydrogen) atoms. The van der Waals surface area contributed by atoms with Crippen molar-refractivity contribution in [3.8, 4) is 22.6 Å². The Hall–Kier alpha value is -3.35. The molecule has 0 bridgehead atoms. The van der Waals surface area contributed by atoms with Crippen LogP contribution >= 0.6 is 0 Å². The third-order valence-corrected chi connectivity index (χ3v) is 6.84. The lowest BCUT2D eigenvalue weighted by Crippen LogP contribution is -2.52. The van der Waals surface area contributed by atoms with Crippen molar-refractivity contribution in [2.45, 2.75) is 25.0 Å². The maximum Gasteiger partial charge on any atom is 0.251 e. The van der Waals surface area contributed by atoms with E-state index in [9.17, 15) is 4.79 Å². The lowest BCUT2D eigenvalue weighted by Gasteiger charge is -2.44. The van der Waals surface area contributed by atoms with Crippen molar-refractivity contribution in [1.82, 2.24) is 10.2 Å². The van der Waals surface area contributed by atoms with Gasteiger partial charge >= 0.3 is 0 Å². The fourth-order valence-electron chi connectivity index (χ4n) is 4.90. The second-order valence-corrected chi connectivity index (χ2v) is 9.02. The summed E-state index contributed by atoms with van der Waals surface area (Å²) in [4.78, 5) is 15.0. The fraction of sp³-hybridized carbons (Fsp3) is 0.345. The summed E-state index contributed by atoms with van der Waals surface area (Å²) in [6, 6.07) is 24.1. The van der Waals surface area contributed by atoms with Crippen LogP contribution in [0.5, 0.6) is 11.5 Å². The van der Waals surface area contributed by atoms with Crippen molar-refractivity contribution in [1.29, 1.82) is 0 Å². The Labute approximate surface area is 206 Å². The van der Waals surface area contributed by atoms with E-state index < -0.39 is 0 Å². The number of carbonyl (C=O) groups is 1. The molecule has 1 N–H and O–H groups in total. The number of unbranched alkanes of at least 4 members (excludes halogenated alkanes) is 1. The van der Waals surface area contributed by atoms with E-state index in [1.165, 1.54) is 0 Å². The molecular weight excluding hydrogens is 440 g/mol. The number of carbonyl (C=O) groups excluding carboxylic acids is 1. The summed E-state index contributed by atoms with van der Waals surface area (Å²) >= 11 is 0. The number of benzene rings is 3. The zero-order valence-electron chi connectivity index (χ0n) is 20.1. The van der Waals surface area contributed by atoms with E-state index in [2.05, 4.69) is 22.3 Å². The molecular formula is C29H32N2O4. The van der Waals surface area contributed by atoms with Crippen molar-refractivity contribution < 1.29 is 19.0 Å². The van der Waals surface area contributed by atoms with Crippen LogP contribution in [0.3, 0.4) is 0 Å². The van der Waals surface area contributed by atoms with Gasteiger partial charge in [0, 0.05) is 24.2 Å². The zero-order chi connectivity index (χ0) is 24.0. The molecule has 0 unspecified atom stereocenters. The number of fused-ring (bicyclic) bond motifs is 3. The minimum absolute atomic E-state index is 0.00107. The number of morpholine rings is 1. The number of rotatable bonds is 8. The minimum Gasteiger partial charge on any atom is -0.497 e. The number of nitrogens with zero attached hydrogens (tertiary/aromatic N) is 1. The van der Waals surface area contributed by atoms with E-state index in [4.69, 9.17) is 14.2 Å². The van der Waals surface area contributed by atoms with E-state index in [1.807, 2.05) is 60.7 Å². The quantitative estimate of drug-likeness (QED) is 0.482. The molecule has 0 radical (unpaired) electrons. The molecule has 0 aromatic heterocycles. The van der Waals surface area contributed by atoms with Crippen LogP contribution in [-0.4, -0.2) is 56.8 Å². The Morgan fingerprint density at radius 2 is 1.83 bits per heavy atom. The van der Waals surface area contributed by atoms with Crippen LogP contribution in [-0.2, 0) is 4.74 Å². The van der Waals surface area contributed by atoms with Crippen LogP contribution in [0.15, 0.2) is 72.8 Å². The number of amides is 1. The van der Waals surface area contributed by atoms with Gasteiger partial charge in [-0.15, -0.1) is 0 Å². The lowest BCUT2D eigenvalue weighted by molar-refractivity contribution is -0.0960. The first-order valence-electron chi connectivity index (χ1n) is 12.3. The topological polar surface area (TPSA) is 60.0 Å². The molecule has 3 aromatic rings. The van der Waals surface area contributed by atoms with E-state index in [1.54, 1.807) is 7.11 Å². The van der Waals surface area contributed by atoms with E-state index >= 15 is 0 Å². The molecule has 2 aliphatic heterocycles. The average Bonchev–Trinajstić information content (AvgIpc) is 2.93. The Kier molecular flexibility index (Phi) is 7.31. The van der Waals surface area contributed by atoms with Gasteiger partial charge in [0.25, 0.3) is 5.91 Å². The second-order valence-electron chi connectivity index (χ2n) is 9.02. The van der Waals surface area contributed by atoms with Crippen molar-refractivity contribution in [3.63, 3.8) is 0 Å². The van der Waals surface area contributed by atoms with Gasteiger partial charge in [-0.25, -0.2) is 0 Å². The highest BCUT2D eigenvalue weighted by Crippen LogP contribution is 2.40. The van der Waals surface area contributed by atoms with Gasteiger partial charge < -0.3 is 19.5 Å². The molecule has 6 heteroatoms. The van der Waals surface area contributed by atoms with Gasteiger partial charge in [-0.2, -0.15) is 0 Å². The maximum absolute atomic E-state index is 12.5. The minimum atomic E-state index is -0.0257. The first-order chi connectivity index (χ1) is 17.2. The molecule has 0 saturated carbocycles. The molecule has 2 heterocycles. The van der Waals surface area contributed by atoms with Crippen molar-refractivity contribution >= 4 is 5.91 Å². The van der Waals surface area contributed by atoms with Crippen molar-refractivity contribution in [3.05, 3.63) is 83.9 Å². The predicted molar refractivity (Wildman–Crippen MR) is 136 cm³/mol. The summed E-state index contributed by atoms with van der Waals surface area (Å²) < 4.78 is 17.6. The van der Waals surface area contributed by atoms with Crippen molar-refractivity contribution in [2.75, 3.05) is 40.0 Å². The monoisotopic (exact) mass is 472 g/mol. The third-order valence-electron chi connectivity index (χ3n) is 6.84. The van der Waals surface area contributed by atoms with Crippen LogP contribution in [0.25, 0.3) is 11.1 Å². The van der Waals surface area contributed by atoms with Gasteiger partial charge in [0.05, 0.1) is 19.8 Å². The molecule has 3 aromatic carbocycles. The van der Waals surface area contributed by atoms with E-state index in [0.29, 0.717) is 25.3 Å². The molecule has 5 rings (SSSR count). The van der Waals surface area contributed by atoms with Gasteiger partial charge in [0.1, 0.15) is 24.2 Å². The summed E-state index contributed by atoms with van der Waals surface area (Å²) in [5, 5.41) is 3.06. The standard InChI is InChI=1S/C29H32N2O4/c1-33-24-13-14-27-25(19-24)28-26(20-35-27)31(17-18-34-28)16-6-5-15-30-29(32)23-11-9-22(10-12-23)21-7-3-2-4-8-21/h2-4,7-14,19,26,28H,5-6,15-18,20H2,1H3,(H,30,32)/t26-,28-/m1/s1. The molecule has 2 aliphatic rings. The summed E-state index contributed by atoms with van der Waals surface area (Å²) in [7, 11) is 1.68. The lowest BCUT2D eigenvalue weighted by atomic mass is 9.96. The molecule has 0 spiro atoms. The van der Waals surface area contributed by atoms with Gasteiger partial charge in [-0.1, -0.05) is 42.5 Å². The summed E-state index contributed by atoms with van der Waals surface area (Å²) in [5.74, 6) is 1.68. The Morgan fingerprint density at radius 3 is 2.63 bits per heavy atom. The van der Waals surface area contributed by atoms with Crippen molar-refractivity contribution in [2.24, 2.45) is 0 Å². The Bertz CT molecular complexity index is 1130. The Morgan fingerprint density at radius 1 is 1.03 bits per heavy atom. The van der Waals surface area contributed by atoms with Crippen LogP contribution in [0.2, 0.25) is 0 Å². The Balaban J connectivity index is 1.08. The van der Waals surface area contributed by atoms with Crippen LogP contribution in [0.4, 0.5) is 0 Å². The number of methoxy groups -OCH3 is 1. The second kappa shape index (κ2) is 10.9. The van der Waals surface area contributed by atoms with Crippen LogP contribution in [0.1, 0.15) is 34.9 Å². The van der Waals surface area contributed by atoms with Crippen LogP contribution in [0, 0.1) is 0 Å². The molecule has 1 amide bonds. The number of hydrogen-bond donors (Lipinski definition) is 1. The smallest absolute Gasteiger partial charge is 0.251 e. The molecule has 2 atom stereocenters. The van der Waals surface area contributed by atoms with Gasteiger partial charge in [0.2, 0.25) is 0 Å². The molecule has 6 nitrogen and oxygen atoms in total. The van der Waals surface area contributed by atoms with E-state index in [0.717, 1.165) is 54.1 Å². The largest absolute Gasteiger partial charge is 0.497 e.